The molecule has 0 aliphatic rings. The number of rotatable bonds is 10. The second kappa shape index (κ2) is 10.7. The van der Waals surface area contributed by atoms with Crippen molar-refractivity contribution in [3.05, 3.63) is 71.4 Å². The van der Waals surface area contributed by atoms with Gasteiger partial charge in [0, 0.05) is 5.56 Å². The number of aromatic carboxylic acids is 1. The Balaban J connectivity index is 1.93. The molecule has 1 heterocycles. The summed E-state index contributed by atoms with van der Waals surface area (Å²) in [7, 11) is 1.59. The van der Waals surface area contributed by atoms with Crippen LogP contribution in [0.3, 0.4) is 0 Å². The van der Waals surface area contributed by atoms with E-state index in [9.17, 15) is 9.90 Å². The van der Waals surface area contributed by atoms with Crippen molar-refractivity contribution in [2.45, 2.75) is 46.3 Å². The molecule has 0 saturated carbocycles. The van der Waals surface area contributed by atoms with Crippen LogP contribution in [0, 0.1) is 0 Å². The molecule has 1 aromatic heterocycles. The molecule has 0 unspecified atom stereocenters. The maximum Gasteiger partial charge on any atom is 0.337 e. The zero-order valence-corrected chi connectivity index (χ0v) is 18.9. The summed E-state index contributed by atoms with van der Waals surface area (Å²) >= 11 is 0. The number of carboxylic acid groups (broad SMARTS) is 1. The van der Waals surface area contributed by atoms with Gasteiger partial charge in [-0.15, -0.1) is 0 Å². The van der Waals surface area contributed by atoms with E-state index >= 15 is 0 Å². The van der Waals surface area contributed by atoms with Crippen molar-refractivity contribution in [1.82, 2.24) is 4.98 Å². The lowest BCUT2D eigenvalue weighted by atomic mass is 10.1. The van der Waals surface area contributed by atoms with Crippen molar-refractivity contribution in [3.8, 4) is 28.5 Å². The molecule has 0 aliphatic carbocycles. The van der Waals surface area contributed by atoms with Gasteiger partial charge in [-0.05, 0) is 68.3 Å². The lowest BCUT2D eigenvalue weighted by Crippen LogP contribution is -2.10. The highest BCUT2D eigenvalue weighted by atomic mass is 16.5. The van der Waals surface area contributed by atoms with Gasteiger partial charge in [0.1, 0.15) is 23.9 Å². The first-order valence-corrected chi connectivity index (χ1v) is 10.7. The van der Waals surface area contributed by atoms with Crippen LogP contribution in [0.25, 0.3) is 11.3 Å². The second-order valence-corrected chi connectivity index (χ2v) is 7.71. The fraction of sp³-hybridized carbons (Fsp3) is 0.308. The minimum atomic E-state index is -1.05. The van der Waals surface area contributed by atoms with Gasteiger partial charge in [0.15, 0.2) is 0 Å². The summed E-state index contributed by atoms with van der Waals surface area (Å²) in [5.41, 5.74) is 2.99. The largest absolute Gasteiger partial charge is 0.497 e. The van der Waals surface area contributed by atoms with Gasteiger partial charge in [-0.1, -0.05) is 25.5 Å². The number of hydrogen-bond acceptors (Lipinski definition) is 5. The third-order valence-corrected chi connectivity index (χ3v) is 4.87. The number of aromatic nitrogens is 1. The Morgan fingerprint density at radius 1 is 1.03 bits per heavy atom. The van der Waals surface area contributed by atoms with Crippen molar-refractivity contribution < 1.29 is 24.1 Å². The molecular weight excluding hydrogens is 406 g/mol. The van der Waals surface area contributed by atoms with Crippen LogP contribution in [0.1, 0.15) is 48.8 Å². The van der Waals surface area contributed by atoms with Crippen molar-refractivity contribution in [2.24, 2.45) is 0 Å². The molecular formula is C26H29NO5. The Labute approximate surface area is 188 Å². The summed E-state index contributed by atoms with van der Waals surface area (Å²) in [6, 6.07) is 16.5. The molecule has 0 fully saturated rings. The van der Waals surface area contributed by atoms with E-state index in [1.54, 1.807) is 19.2 Å². The minimum absolute atomic E-state index is 0.0288. The third-order valence-electron chi connectivity index (χ3n) is 4.87. The van der Waals surface area contributed by atoms with E-state index in [0.717, 1.165) is 18.4 Å². The van der Waals surface area contributed by atoms with Crippen molar-refractivity contribution in [1.29, 1.82) is 0 Å². The van der Waals surface area contributed by atoms with Crippen molar-refractivity contribution >= 4 is 5.97 Å². The number of benzene rings is 2. The van der Waals surface area contributed by atoms with Crippen LogP contribution in [0.15, 0.2) is 54.6 Å². The molecule has 0 spiro atoms. The summed E-state index contributed by atoms with van der Waals surface area (Å²) in [6.07, 6.45) is 2.05. The average Bonchev–Trinajstić information content (AvgIpc) is 2.78. The summed E-state index contributed by atoms with van der Waals surface area (Å²) in [4.78, 5) is 16.4. The number of pyridine rings is 1. The van der Waals surface area contributed by atoms with Crippen LogP contribution in [-0.2, 0) is 13.0 Å². The minimum Gasteiger partial charge on any atom is -0.497 e. The number of aryl methyl sites for hydroxylation is 1. The van der Waals surface area contributed by atoms with Crippen LogP contribution in [0.4, 0.5) is 0 Å². The highest BCUT2D eigenvalue weighted by Crippen LogP contribution is 2.34. The molecule has 168 valence electrons. The summed E-state index contributed by atoms with van der Waals surface area (Å²) in [6.45, 7) is 6.06. The quantitative estimate of drug-likeness (QED) is 0.435. The van der Waals surface area contributed by atoms with Gasteiger partial charge in [0.05, 0.1) is 30.2 Å². The van der Waals surface area contributed by atoms with E-state index in [-0.39, 0.29) is 18.3 Å². The van der Waals surface area contributed by atoms with Crippen LogP contribution < -0.4 is 14.2 Å². The number of carbonyl (C=O) groups is 1. The molecule has 0 amide bonds. The van der Waals surface area contributed by atoms with Gasteiger partial charge < -0.3 is 19.3 Å². The Bertz CT molecular complexity index is 1060. The Morgan fingerprint density at radius 2 is 1.75 bits per heavy atom. The maximum absolute atomic E-state index is 11.8. The number of carboxylic acids is 1. The number of ether oxygens (including phenoxy) is 3. The summed E-state index contributed by atoms with van der Waals surface area (Å²) in [5, 5.41) is 9.64. The van der Waals surface area contributed by atoms with E-state index in [1.807, 2.05) is 56.3 Å². The summed E-state index contributed by atoms with van der Waals surface area (Å²) in [5.74, 6) is 0.920. The van der Waals surface area contributed by atoms with E-state index in [4.69, 9.17) is 14.2 Å². The van der Waals surface area contributed by atoms with Crippen molar-refractivity contribution in [3.63, 3.8) is 0 Å². The van der Waals surface area contributed by atoms with E-state index < -0.39 is 5.97 Å². The fourth-order valence-corrected chi connectivity index (χ4v) is 3.34. The first kappa shape index (κ1) is 23.1. The molecule has 0 aliphatic heterocycles. The normalized spacial score (nSPS) is 10.8. The molecule has 32 heavy (non-hydrogen) atoms. The second-order valence-electron chi connectivity index (χ2n) is 7.71. The predicted octanol–water partition coefficient (Wildman–Crippen LogP) is 5.77. The van der Waals surface area contributed by atoms with Gasteiger partial charge >= 0.3 is 5.97 Å². The Morgan fingerprint density at radius 3 is 2.38 bits per heavy atom. The average molecular weight is 436 g/mol. The lowest BCUT2D eigenvalue weighted by molar-refractivity contribution is 0.0693. The molecule has 3 rings (SSSR count). The highest BCUT2D eigenvalue weighted by Gasteiger charge is 2.17. The van der Waals surface area contributed by atoms with E-state index in [2.05, 4.69) is 11.9 Å². The molecule has 0 bridgehead atoms. The van der Waals surface area contributed by atoms with Gasteiger partial charge in [-0.3, -0.25) is 0 Å². The molecule has 1 N–H and O–H groups in total. The molecule has 2 aromatic carbocycles. The van der Waals surface area contributed by atoms with Gasteiger partial charge in [-0.2, -0.15) is 0 Å². The third kappa shape index (κ3) is 5.78. The zero-order valence-electron chi connectivity index (χ0n) is 18.9. The van der Waals surface area contributed by atoms with E-state index in [0.29, 0.717) is 28.6 Å². The summed E-state index contributed by atoms with van der Waals surface area (Å²) < 4.78 is 17.2. The first-order chi connectivity index (χ1) is 15.4. The topological polar surface area (TPSA) is 77.9 Å². The Kier molecular flexibility index (Phi) is 7.71. The smallest absolute Gasteiger partial charge is 0.337 e. The lowest BCUT2D eigenvalue weighted by Gasteiger charge is -2.16. The molecule has 6 nitrogen and oxygen atoms in total. The zero-order chi connectivity index (χ0) is 23.1. The molecule has 0 saturated heterocycles. The predicted molar refractivity (Wildman–Crippen MR) is 124 cm³/mol. The highest BCUT2D eigenvalue weighted by molar-refractivity contribution is 5.89. The Hall–Kier alpha value is -3.54. The van der Waals surface area contributed by atoms with Crippen LogP contribution in [0.5, 0.6) is 17.2 Å². The SMILES string of the molecule is CCCc1ccc(OCc2nc(-c3cc(OC)ccc3OC(C)C)ccc2C(=O)O)cc1. The van der Waals surface area contributed by atoms with E-state index in [1.165, 1.54) is 5.56 Å². The van der Waals surface area contributed by atoms with Crippen LogP contribution in [-0.4, -0.2) is 29.3 Å². The maximum atomic E-state index is 11.8. The number of hydrogen-bond donors (Lipinski definition) is 1. The first-order valence-electron chi connectivity index (χ1n) is 10.7. The van der Waals surface area contributed by atoms with Gasteiger partial charge in [0.25, 0.3) is 0 Å². The van der Waals surface area contributed by atoms with Crippen molar-refractivity contribution in [2.75, 3.05) is 7.11 Å². The van der Waals surface area contributed by atoms with Crippen LogP contribution >= 0.6 is 0 Å². The van der Waals surface area contributed by atoms with Gasteiger partial charge in [-0.25, -0.2) is 9.78 Å². The number of methoxy groups -OCH3 is 1. The van der Waals surface area contributed by atoms with Crippen LogP contribution in [0.2, 0.25) is 0 Å². The van der Waals surface area contributed by atoms with Gasteiger partial charge in [0.2, 0.25) is 0 Å². The standard InChI is InChI=1S/C26H29NO5/c1-5-6-18-7-9-19(10-8-18)31-16-24-21(26(28)29)12-13-23(27-24)22-15-20(30-4)11-14-25(22)32-17(2)3/h7-15,17H,5-6,16H2,1-4H3,(H,28,29). The molecule has 0 atom stereocenters. The monoisotopic (exact) mass is 435 g/mol. The number of nitrogens with zero attached hydrogens (tertiary/aromatic N) is 1. The molecule has 0 radical (unpaired) electrons. The molecule has 6 heteroatoms. The molecule has 3 aromatic rings. The fourth-order valence-electron chi connectivity index (χ4n) is 3.34.